The molecule has 2 N–H and O–H groups in total. The van der Waals surface area contributed by atoms with Crippen molar-refractivity contribution in [3.8, 4) is 0 Å². The van der Waals surface area contributed by atoms with Crippen molar-refractivity contribution in [1.82, 2.24) is 24.7 Å². The van der Waals surface area contributed by atoms with Crippen LogP contribution in [-0.2, 0) is 6.54 Å². The topological polar surface area (TPSA) is 79.9 Å². The molecule has 9 nitrogen and oxygen atoms in total. The highest BCUT2D eigenvalue weighted by molar-refractivity contribution is 6.33. The highest BCUT2D eigenvalue weighted by atomic mass is 35.5. The van der Waals surface area contributed by atoms with Gasteiger partial charge in [-0.1, -0.05) is 11.6 Å². The number of piperazine rings is 1. The number of carbonyl (C=O) groups excluding carboxylic acids is 1. The molecule has 0 unspecified atom stereocenters. The molecule has 0 saturated carbocycles. The molecule has 2 saturated heterocycles. The summed E-state index contributed by atoms with van der Waals surface area (Å²) < 4.78 is 0. The van der Waals surface area contributed by atoms with Crippen LogP contribution in [0.1, 0.15) is 28.8 Å². The van der Waals surface area contributed by atoms with Gasteiger partial charge in [-0.15, -0.1) is 0 Å². The lowest BCUT2D eigenvalue weighted by Crippen LogP contribution is -2.52. The fourth-order valence-electron chi connectivity index (χ4n) is 5.30. The number of hydrogen-bond acceptors (Lipinski definition) is 8. The maximum absolute atomic E-state index is 13.1. The van der Waals surface area contributed by atoms with Crippen LogP contribution in [0.15, 0.2) is 18.3 Å². The summed E-state index contributed by atoms with van der Waals surface area (Å²) in [5.41, 5.74) is 3.68. The third-order valence-corrected chi connectivity index (χ3v) is 7.60. The maximum atomic E-state index is 13.1. The van der Waals surface area contributed by atoms with Gasteiger partial charge in [-0.3, -0.25) is 9.69 Å². The summed E-state index contributed by atoms with van der Waals surface area (Å²) in [7, 11) is 5.81. The lowest BCUT2D eigenvalue weighted by molar-refractivity contribution is 0.0817. The van der Waals surface area contributed by atoms with E-state index in [0.29, 0.717) is 34.9 Å². The predicted octanol–water partition coefficient (Wildman–Crippen LogP) is 2.72. The number of nitrogens with one attached hydrogen (secondary N) is 2. The molecule has 1 aromatic carbocycles. The second-order valence-corrected chi connectivity index (χ2v) is 9.88. The van der Waals surface area contributed by atoms with E-state index in [1.54, 1.807) is 18.1 Å². The molecule has 4 heterocycles. The molecule has 0 aliphatic carbocycles. The van der Waals surface area contributed by atoms with E-state index in [1.807, 2.05) is 13.1 Å². The molecule has 182 valence electrons. The van der Waals surface area contributed by atoms with Crippen LogP contribution in [0.3, 0.4) is 0 Å². The van der Waals surface area contributed by atoms with E-state index in [-0.39, 0.29) is 5.91 Å². The van der Waals surface area contributed by atoms with E-state index in [2.05, 4.69) is 48.4 Å². The van der Waals surface area contributed by atoms with E-state index >= 15 is 0 Å². The van der Waals surface area contributed by atoms with Crippen LogP contribution in [-0.4, -0.2) is 97.0 Å². The molecular formula is C24H33ClN8O. The lowest BCUT2D eigenvalue weighted by atomic mass is 9.99. The molecule has 0 atom stereocenters. The van der Waals surface area contributed by atoms with Gasteiger partial charge in [0.25, 0.3) is 5.91 Å². The van der Waals surface area contributed by atoms with Crippen molar-refractivity contribution in [2.45, 2.75) is 25.4 Å². The third kappa shape index (κ3) is 4.39. The van der Waals surface area contributed by atoms with Gasteiger partial charge in [0.1, 0.15) is 5.02 Å². The number of rotatable bonds is 5. The summed E-state index contributed by atoms with van der Waals surface area (Å²) in [4.78, 5) is 31.0. The first-order valence-electron chi connectivity index (χ1n) is 12.0. The highest BCUT2D eigenvalue weighted by Gasteiger charge is 2.33. The van der Waals surface area contributed by atoms with Crippen molar-refractivity contribution >= 4 is 40.6 Å². The minimum absolute atomic E-state index is 0.0192. The first kappa shape index (κ1) is 23.1. The Labute approximate surface area is 206 Å². The molecule has 34 heavy (non-hydrogen) atoms. The van der Waals surface area contributed by atoms with Crippen LogP contribution < -0.4 is 15.5 Å². The van der Waals surface area contributed by atoms with Gasteiger partial charge in [-0.2, -0.15) is 4.98 Å². The smallest absolute Gasteiger partial charge is 0.256 e. The summed E-state index contributed by atoms with van der Waals surface area (Å²) in [5, 5.41) is 6.61. The van der Waals surface area contributed by atoms with Gasteiger partial charge in [-0.25, -0.2) is 4.98 Å². The Morgan fingerprint density at radius 1 is 1.06 bits per heavy atom. The van der Waals surface area contributed by atoms with Crippen molar-refractivity contribution in [1.29, 1.82) is 0 Å². The number of piperidine rings is 1. The van der Waals surface area contributed by atoms with Crippen LogP contribution in [0.4, 0.5) is 23.1 Å². The molecule has 5 rings (SSSR count). The Morgan fingerprint density at radius 2 is 1.79 bits per heavy atom. The molecule has 1 aromatic heterocycles. The van der Waals surface area contributed by atoms with Gasteiger partial charge in [0.05, 0.1) is 17.4 Å². The number of hydrogen-bond donors (Lipinski definition) is 2. The second kappa shape index (κ2) is 9.56. The quantitative estimate of drug-likeness (QED) is 0.670. The van der Waals surface area contributed by atoms with Crippen LogP contribution >= 0.6 is 11.6 Å². The predicted molar refractivity (Wildman–Crippen MR) is 136 cm³/mol. The Balaban J connectivity index is 1.37. The minimum Gasteiger partial charge on any atom is -0.371 e. The maximum Gasteiger partial charge on any atom is 0.256 e. The Hall–Kier alpha value is -2.62. The number of benzene rings is 1. The fraction of sp³-hybridized carbons (Fsp3) is 0.542. The van der Waals surface area contributed by atoms with E-state index < -0.39 is 0 Å². The van der Waals surface area contributed by atoms with E-state index in [9.17, 15) is 4.79 Å². The SMILES string of the molecule is CNc1ncc(Cl)c(Nc2ccc(N3CCC(N4CCN(C)CC4)CC3)c3c2C(=O)N(C)C3)n1. The number of fused-ring (bicyclic) bond motifs is 1. The molecule has 2 aromatic rings. The van der Waals surface area contributed by atoms with Crippen LogP contribution in [0, 0.1) is 0 Å². The number of anilines is 4. The normalized spacial score (nSPS) is 20.1. The van der Waals surface area contributed by atoms with Crippen molar-refractivity contribution in [2.24, 2.45) is 0 Å². The van der Waals surface area contributed by atoms with Crippen molar-refractivity contribution in [2.75, 3.05) is 75.9 Å². The average molecular weight is 485 g/mol. The zero-order valence-electron chi connectivity index (χ0n) is 20.1. The largest absolute Gasteiger partial charge is 0.371 e. The highest BCUT2D eigenvalue weighted by Crippen LogP contribution is 2.39. The van der Waals surface area contributed by atoms with E-state index in [0.717, 1.165) is 63.4 Å². The Morgan fingerprint density at radius 3 is 2.50 bits per heavy atom. The molecule has 0 radical (unpaired) electrons. The lowest BCUT2D eigenvalue weighted by Gasteiger charge is -2.43. The Kier molecular flexibility index (Phi) is 6.50. The number of likely N-dealkylation sites (N-methyl/N-ethyl adjacent to an activating group) is 1. The molecule has 2 fully saturated rings. The first-order chi connectivity index (χ1) is 16.4. The molecule has 0 spiro atoms. The number of carbonyl (C=O) groups is 1. The third-order valence-electron chi connectivity index (χ3n) is 7.32. The van der Waals surface area contributed by atoms with Gasteiger partial charge >= 0.3 is 0 Å². The summed E-state index contributed by atoms with van der Waals surface area (Å²) in [6.07, 6.45) is 3.87. The van der Waals surface area contributed by atoms with E-state index in [4.69, 9.17) is 11.6 Å². The zero-order chi connectivity index (χ0) is 23.8. The molecule has 3 aliphatic rings. The van der Waals surface area contributed by atoms with Gasteiger partial charge in [0.2, 0.25) is 5.95 Å². The minimum atomic E-state index is 0.0192. The summed E-state index contributed by atoms with van der Waals surface area (Å²) in [6.45, 7) is 7.27. The van der Waals surface area contributed by atoms with Gasteiger partial charge < -0.3 is 25.3 Å². The molecule has 3 aliphatic heterocycles. The summed E-state index contributed by atoms with van der Waals surface area (Å²) in [6, 6.07) is 4.78. The number of halogens is 1. The summed E-state index contributed by atoms with van der Waals surface area (Å²) >= 11 is 6.33. The molecular weight excluding hydrogens is 452 g/mol. The van der Waals surface area contributed by atoms with Crippen molar-refractivity contribution in [3.63, 3.8) is 0 Å². The average Bonchev–Trinajstić information content (AvgIpc) is 3.16. The standard InChI is InChI=1S/C24H33ClN8O/c1-26-24-27-14-18(25)22(29-24)28-19-4-5-20(17-15-31(3)23(34)21(17)19)33-8-6-16(7-9-33)32-12-10-30(2)11-13-32/h4-5,14,16H,6-13,15H2,1-3H3,(H2,26,27,28,29). The van der Waals surface area contributed by atoms with Gasteiger partial charge in [0.15, 0.2) is 5.82 Å². The van der Waals surface area contributed by atoms with Crippen LogP contribution in [0.2, 0.25) is 5.02 Å². The van der Waals surface area contributed by atoms with Gasteiger partial charge in [0, 0.05) is 77.2 Å². The molecule has 0 bridgehead atoms. The van der Waals surface area contributed by atoms with Crippen molar-refractivity contribution < 1.29 is 4.79 Å². The number of aromatic nitrogens is 2. The van der Waals surface area contributed by atoms with E-state index in [1.165, 1.54) is 5.69 Å². The number of amides is 1. The van der Waals surface area contributed by atoms with Crippen LogP contribution in [0.25, 0.3) is 0 Å². The zero-order valence-corrected chi connectivity index (χ0v) is 20.9. The first-order valence-corrected chi connectivity index (χ1v) is 12.4. The number of nitrogens with zero attached hydrogens (tertiary/aromatic N) is 6. The van der Waals surface area contributed by atoms with Gasteiger partial charge in [-0.05, 0) is 32.0 Å². The molecule has 10 heteroatoms. The van der Waals surface area contributed by atoms with Crippen molar-refractivity contribution in [3.05, 3.63) is 34.5 Å². The molecule has 1 amide bonds. The fourth-order valence-corrected chi connectivity index (χ4v) is 5.44. The second-order valence-electron chi connectivity index (χ2n) is 9.47. The van der Waals surface area contributed by atoms with Crippen LogP contribution in [0.5, 0.6) is 0 Å². The Bertz CT molecular complexity index is 1060. The summed E-state index contributed by atoms with van der Waals surface area (Å²) in [5.74, 6) is 0.962. The monoisotopic (exact) mass is 484 g/mol.